The van der Waals surface area contributed by atoms with Crippen LogP contribution in [0.15, 0.2) is 36.4 Å². The Bertz CT molecular complexity index is 889. The van der Waals surface area contributed by atoms with Crippen LogP contribution >= 0.6 is 22.9 Å². The van der Waals surface area contributed by atoms with E-state index in [-0.39, 0.29) is 12.5 Å². The second-order valence-electron chi connectivity index (χ2n) is 6.44. The van der Waals surface area contributed by atoms with Gasteiger partial charge in [0.05, 0.1) is 28.9 Å². The molecule has 0 radical (unpaired) electrons. The fourth-order valence-corrected chi connectivity index (χ4v) is 3.90. The summed E-state index contributed by atoms with van der Waals surface area (Å²) in [6.45, 7) is 3.88. The molecule has 0 aliphatic carbocycles. The van der Waals surface area contributed by atoms with Gasteiger partial charge < -0.3 is 19.7 Å². The Hall–Kier alpha value is -2.62. The highest BCUT2D eigenvalue weighted by molar-refractivity contribution is 7.18. The highest BCUT2D eigenvalue weighted by Crippen LogP contribution is 2.25. The lowest BCUT2D eigenvalue weighted by Gasteiger charge is -2.19. The lowest BCUT2D eigenvalue weighted by Crippen LogP contribution is -2.34. The molecule has 1 unspecified atom stereocenters. The van der Waals surface area contributed by atoms with E-state index >= 15 is 0 Å². The molecule has 0 bridgehead atoms. The number of hydrogen-bond acceptors (Lipinski definition) is 6. The second kappa shape index (κ2) is 10.4. The van der Waals surface area contributed by atoms with Gasteiger partial charge in [-0.1, -0.05) is 11.6 Å². The SMILES string of the molecule is CCOCCN(C=O)c1ccc(N2CC(CNC(=O)c3ccc(Cl)s3)OC2=O)cc1. The zero-order valence-electron chi connectivity index (χ0n) is 16.4. The molecule has 1 fully saturated rings. The van der Waals surface area contributed by atoms with Gasteiger partial charge in [0.15, 0.2) is 0 Å². The quantitative estimate of drug-likeness (QED) is 0.443. The lowest BCUT2D eigenvalue weighted by atomic mass is 10.2. The molecule has 0 spiro atoms. The van der Waals surface area contributed by atoms with Gasteiger partial charge in [0.2, 0.25) is 6.41 Å². The molecule has 1 atom stereocenters. The van der Waals surface area contributed by atoms with Gasteiger partial charge in [0.1, 0.15) is 6.10 Å². The van der Waals surface area contributed by atoms with E-state index in [1.54, 1.807) is 36.4 Å². The molecule has 1 aromatic carbocycles. The van der Waals surface area contributed by atoms with E-state index in [9.17, 15) is 14.4 Å². The third kappa shape index (κ3) is 5.50. The number of carbonyl (C=O) groups is 3. The molecule has 8 nitrogen and oxygen atoms in total. The van der Waals surface area contributed by atoms with E-state index in [0.717, 1.165) is 6.41 Å². The normalized spacial score (nSPS) is 15.7. The molecule has 1 aromatic heterocycles. The van der Waals surface area contributed by atoms with Crippen LogP contribution in [0, 0.1) is 0 Å². The first-order valence-corrected chi connectivity index (χ1v) is 10.6. The molecule has 1 aliphatic rings. The monoisotopic (exact) mass is 451 g/mol. The van der Waals surface area contributed by atoms with Crippen molar-refractivity contribution in [3.63, 3.8) is 0 Å². The summed E-state index contributed by atoms with van der Waals surface area (Å²) in [6, 6.07) is 10.3. The number of benzene rings is 1. The Balaban J connectivity index is 1.55. The zero-order valence-corrected chi connectivity index (χ0v) is 17.9. The zero-order chi connectivity index (χ0) is 21.5. The number of amides is 3. The van der Waals surface area contributed by atoms with E-state index < -0.39 is 12.2 Å². The summed E-state index contributed by atoms with van der Waals surface area (Å²) in [6.07, 6.45) is -0.198. The van der Waals surface area contributed by atoms with Gasteiger partial charge in [-0.05, 0) is 43.3 Å². The van der Waals surface area contributed by atoms with Gasteiger partial charge in [-0.25, -0.2) is 4.79 Å². The second-order valence-corrected chi connectivity index (χ2v) is 8.16. The molecule has 3 amide bonds. The number of cyclic esters (lactones) is 1. The number of ether oxygens (including phenoxy) is 2. The Morgan fingerprint density at radius 2 is 2.13 bits per heavy atom. The van der Waals surface area contributed by atoms with Crippen LogP contribution in [0.3, 0.4) is 0 Å². The maximum absolute atomic E-state index is 12.2. The van der Waals surface area contributed by atoms with Crippen molar-refractivity contribution in [3.05, 3.63) is 45.6 Å². The van der Waals surface area contributed by atoms with Crippen LogP contribution in [0.2, 0.25) is 4.34 Å². The molecule has 30 heavy (non-hydrogen) atoms. The smallest absolute Gasteiger partial charge is 0.414 e. The highest BCUT2D eigenvalue weighted by atomic mass is 35.5. The van der Waals surface area contributed by atoms with Gasteiger partial charge in [-0.2, -0.15) is 0 Å². The number of carbonyl (C=O) groups excluding carboxylic acids is 3. The number of halogens is 1. The maximum atomic E-state index is 12.2. The van der Waals surface area contributed by atoms with Crippen molar-refractivity contribution in [1.29, 1.82) is 0 Å². The van der Waals surface area contributed by atoms with Gasteiger partial charge in [-0.3, -0.25) is 14.5 Å². The minimum Gasteiger partial charge on any atom is -0.442 e. The van der Waals surface area contributed by atoms with Crippen LogP contribution in [0.1, 0.15) is 16.6 Å². The van der Waals surface area contributed by atoms with E-state index in [1.165, 1.54) is 21.1 Å². The van der Waals surface area contributed by atoms with Crippen molar-refractivity contribution in [1.82, 2.24) is 5.32 Å². The Kier molecular flexibility index (Phi) is 7.67. The van der Waals surface area contributed by atoms with Crippen molar-refractivity contribution in [3.8, 4) is 0 Å². The standard InChI is InChI=1S/C20H22ClN3O5S/c1-2-28-10-9-23(13-25)14-3-5-15(6-4-14)24-12-16(29-20(24)27)11-22-19(26)17-7-8-18(21)30-17/h3-8,13,16H,2,9-12H2,1H3,(H,22,26). The summed E-state index contributed by atoms with van der Waals surface area (Å²) in [5.74, 6) is -0.258. The average Bonchev–Trinajstić information content (AvgIpc) is 3.35. The van der Waals surface area contributed by atoms with Gasteiger partial charge in [0.25, 0.3) is 5.91 Å². The first kappa shape index (κ1) is 22.1. The summed E-state index contributed by atoms with van der Waals surface area (Å²) in [5.41, 5.74) is 1.36. The Morgan fingerprint density at radius 1 is 1.37 bits per heavy atom. The maximum Gasteiger partial charge on any atom is 0.414 e. The van der Waals surface area contributed by atoms with Crippen LogP contribution < -0.4 is 15.1 Å². The van der Waals surface area contributed by atoms with Crippen LogP contribution in [-0.4, -0.2) is 57.4 Å². The minimum absolute atomic E-state index is 0.199. The summed E-state index contributed by atoms with van der Waals surface area (Å²) >= 11 is 7.03. The van der Waals surface area contributed by atoms with E-state index in [0.29, 0.717) is 46.9 Å². The number of nitrogens with zero attached hydrogens (tertiary/aromatic N) is 2. The van der Waals surface area contributed by atoms with E-state index in [2.05, 4.69) is 5.32 Å². The molecule has 3 rings (SSSR count). The average molecular weight is 452 g/mol. The highest BCUT2D eigenvalue weighted by Gasteiger charge is 2.32. The molecule has 1 aliphatic heterocycles. The minimum atomic E-state index is -0.482. The van der Waals surface area contributed by atoms with Gasteiger partial charge in [0, 0.05) is 24.5 Å². The molecule has 2 heterocycles. The van der Waals surface area contributed by atoms with E-state index in [1.807, 2.05) is 6.92 Å². The fraction of sp³-hybridized carbons (Fsp3) is 0.350. The van der Waals surface area contributed by atoms with Crippen LogP contribution in [0.5, 0.6) is 0 Å². The van der Waals surface area contributed by atoms with Crippen molar-refractivity contribution in [2.24, 2.45) is 0 Å². The Morgan fingerprint density at radius 3 is 2.77 bits per heavy atom. The Labute approximate surface area is 183 Å². The van der Waals surface area contributed by atoms with Crippen molar-refractivity contribution in [2.45, 2.75) is 13.0 Å². The molecular formula is C20H22ClN3O5S. The van der Waals surface area contributed by atoms with Crippen LogP contribution in [0.4, 0.5) is 16.2 Å². The number of anilines is 2. The third-order valence-electron chi connectivity index (χ3n) is 4.46. The predicted molar refractivity (Wildman–Crippen MR) is 116 cm³/mol. The number of rotatable bonds is 10. The van der Waals surface area contributed by atoms with Crippen LogP contribution in [-0.2, 0) is 14.3 Å². The molecule has 1 saturated heterocycles. The first-order chi connectivity index (χ1) is 14.5. The molecule has 160 valence electrons. The number of thiophene rings is 1. The molecule has 2 aromatic rings. The largest absolute Gasteiger partial charge is 0.442 e. The van der Waals surface area contributed by atoms with Gasteiger partial charge >= 0.3 is 6.09 Å². The molecule has 10 heteroatoms. The summed E-state index contributed by atoms with van der Waals surface area (Å²) in [4.78, 5) is 39.2. The summed E-state index contributed by atoms with van der Waals surface area (Å²) in [5, 5.41) is 2.75. The predicted octanol–water partition coefficient (Wildman–Crippen LogP) is 3.16. The summed E-state index contributed by atoms with van der Waals surface area (Å²) < 4.78 is 11.2. The van der Waals surface area contributed by atoms with Crippen molar-refractivity contribution in [2.75, 3.05) is 42.6 Å². The molecule has 1 N–H and O–H groups in total. The topological polar surface area (TPSA) is 88.2 Å². The van der Waals surface area contributed by atoms with Crippen molar-refractivity contribution < 1.29 is 23.9 Å². The lowest BCUT2D eigenvalue weighted by molar-refractivity contribution is -0.107. The fourth-order valence-electron chi connectivity index (χ4n) is 2.94. The summed E-state index contributed by atoms with van der Waals surface area (Å²) in [7, 11) is 0. The van der Waals surface area contributed by atoms with E-state index in [4.69, 9.17) is 21.1 Å². The molecular weight excluding hydrogens is 430 g/mol. The third-order valence-corrected chi connectivity index (χ3v) is 5.69. The van der Waals surface area contributed by atoms with Crippen molar-refractivity contribution >= 4 is 52.7 Å². The number of nitrogens with one attached hydrogen (secondary N) is 1. The first-order valence-electron chi connectivity index (χ1n) is 9.43. The molecule has 0 saturated carbocycles. The van der Waals surface area contributed by atoms with Gasteiger partial charge in [-0.15, -0.1) is 11.3 Å². The van der Waals surface area contributed by atoms with Crippen LogP contribution in [0.25, 0.3) is 0 Å². The number of hydrogen-bond donors (Lipinski definition) is 1.